The van der Waals surface area contributed by atoms with E-state index in [9.17, 15) is 4.79 Å². The molecule has 130 valence electrons. The second-order valence-electron chi connectivity index (χ2n) is 6.95. The molecular formula is C19H23N5O. The van der Waals surface area contributed by atoms with Crippen LogP contribution in [-0.2, 0) is 0 Å². The average molecular weight is 337 g/mol. The van der Waals surface area contributed by atoms with Crippen LogP contribution in [0.2, 0.25) is 0 Å². The summed E-state index contributed by atoms with van der Waals surface area (Å²) in [4.78, 5) is 22.4. The Morgan fingerprint density at radius 1 is 1.32 bits per heavy atom. The number of aromatic amines is 2. The van der Waals surface area contributed by atoms with Crippen LogP contribution < -0.4 is 5.56 Å². The standard InChI is InChI=1S/C19H23N5O/c1-12-10-17(23-22-12)14-6-5-9-24(11-14)13(2)18-20-16-8-4-3-7-15(16)19(25)21-18/h3-4,7-8,10,13-14H,5-6,9,11H2,1-2H3,(H,22,23)(H,20,21,25)/t13-,14-/m1/s1. The van der Waals surface area contributed by atoms with Gasteiger partial charge in [-0.25, -0.2) is 4.98 Å². The Bertz CT molecular complexity index is 944. The van der Waals surface area contributed by atoms with E-state index < -0.39 is 0 Å². The van der Waals surface area contributed by atoms with Crippen LogP contribution in [0, 0.1) is 6.92 Å². The van der Waals surface area contributed by atoms with Crippen molar-refractivity contribution in [2.75, 3.05) is 13.1 Å². The van der Waals surface area contributed by atoms with Gasteiger partial charge in [-0.15, -0.1) is 0 Å². The first-order chi connectivity index (χ1) is 12.1. The molecule has 0 unspecified atom stereocenters. The summed E-state index contributed by atoms with van der Waals surface area (Å²) < 4.78 is 0. The van der Waals surface area contributed by atoms with Gasteiger partial charge in [0, 0.05) is 18.2 Å². The number of H-pyrrole nitrogens is 2. The number of para-hydroxylation sites is 1. The summed E-state index contributed by atoms with van der Waals surface area (Å²) in [7, 11) is 0. The van der Waals surface area contributed by atoms with E-state index in [0.29, 0.717) is 11.3 Å². The molecule has 6 nitrogen and oxygen atoms in total. The van der Waals surface area contributed by atoms with Crippen LogP contribution in [0.4, 0.5) is 0 Å². The van der Waals surface area contributed by atoms with Crippen LogP contribution >= 0.6 is 0 Å². The third-order valence-electron chi connectivity index (χ3n) is 5.17. The number of piperidine rings is 1. The van der Waals surface area contributed by atoms with E-state index in [0.717, 1.165) is 48.7 Å². The first-order valence-corrected chi connectivity index (χ1v) is 8.87. The maximum absolute atomic E-state index is 12.3. The van der Waals surface area contributed by atoms with Crippen LogP contribution in [0.15, 0.2) is 35.1 Å². The third-order valence-corrected chi connectivity index (χ3v) is 5.17. The fourth-order valence-corrected chi connectivity index (χ4v) is 3.72. The smallest absolute Gasteiger partial charge is 0.258 e. The highest BCUT2D eigenvalue weighted by Crippen LogP contribution is 2.30. The van der Waals surface area contributed by atoms with Gasteiger partial charge in [-0.05, 0) is 51.4 Å². The first-order valence-electron chi connectivity index (χ1n) is 8.87. The largest absolute Gasteiger partial charge is 0.309 e. The number of aryl methyl sites for hydroxylation is 1. The number of rotatable bonds is 3. The highest BCUT2D eigenvalue weighted by atomic mass is 16.1. The summed E-state index contributed by atoms with van der Waals surface area (Å²) in [5, 5.41) is 8.12. The van der Waals surface area contributed by atoms with E-state index in [1.165, 1.54) is 0 Å². The van der Waals surface area contributed by atoms with Gasteiger partial charge in [0.2, 0.25) is 0 Å². The maximum atomic E-state index is 12.3. The minimum atomic E-state index is -0.0658. The number of fused-ring (bicyclic) bond motifs is 1. The lowest BCUT2D eigenvalue weighted by Gasteiger charge is -2.35. The van der Waals surface area contributed by atoms with E-state index in [1.54, 1.807) is 0 Å². The molecular weight excluding hydrogens is 314 g/mol. The minimum absolute atomic E-state index is 0.0658. The molecule has 2 N–H and O–H groups in total. The number of benzene rings is 1. The molecule has 1 aliphatic heterocycles. The van der Waals surface area contributed by atoms with Crippen molar-refractivity contribution in [3.8, 4) is 0 Å². The van der Waals surface area contributed by atoms with Crippen LogP contribution in [-0.4, -0.2) is 38.2 Å². The Kier molecular flexibility index (Phi) is 4.13. The van der Waals surface area contributed by atoms with Crippen LogP contribution in [0.5, 0.6) is 0 Å². The predicted molar refractivity (Wildman–Crippen MR) is 97.7 cm³/mol. The fraction of sp³-hybridized carbons (Fsp3) is 0.421. The van der Waals surface area contributed by atoms with Crippen molar-refractivity contribution in [3.05, 3.63) is 57.9 Å². The molecule has 1 fully saturated rings. The van der Waals surface area contributed by atoms with Gasteiger partial charge in [0.05, 0.1) is 22.6 Å². The molecule has 25 heavy (non-hydrogen) atoms. The Morgan fingerprint density at radius 3 is 2.96 bits per heavy atom. The molecule has 6 heteroatoms. The number of nitrogens with one attached hydrogen (secondary N) is 2. The van der Waals surface area contributed by atoms with E-state index in [-0.39, 0.29) is 11.6 Å². The van der Waals surface area contributed by atoms with E-state index in [2.05, 4.69) is 33.1 Å². The van der Waals surface area contributed by atoms with Gasteiger partial charge >= 0.3 is 0 Å². The number of hydrogen-bond donors (Lipinski definition) is 2. The van der Waals surface area contributed by atoms with Crippen molar-refractivity contribution in [1.29, 1.82) is 0 Å². The molecule has 1 aromatic carbocycles. The molecule has 0 spiro atoms. The van der Waals surface area contributed by atoms with Crippen molar-refractivity contribution in [1.82, 2.24) is 25.1 Å². The first kappa shape index (κ1) is 16.0. The van der Waals surface area contributed by atoms with Gasteiger partial charge in [-0.3, -0.25) is 14.8 Å². The predicted octanol–water partition coefficient (Wildman–Crippen LogP) is 2.90. The molecule has 1 aliphatic rings. The van der Waals surface area contributed by atoms with Crippen LogP contribution in [0.3, 0.4) is 0 Å². The Hall–Kier alpha value is -2.47. The minimum Gasteiger partial charge on any atom is -0.309 e. The summed E-state index contributed by atoms with van der Waals surface area (Å²) in [5.41, 5.74) is 2.92. The van der Waals surface area contributed by atoms with Gasteiger partial charge in [0.15, 0.2) is 0 Å². The zero-order chi connectivity index (χ0) is 17.4. The molecule has 4 rings (SSSR count). The SMILES string of the molecule is Cc1cc([C@@H]2CCCN([C@H](C)c3nc4ccccc4c(=O)[nH]3)C2)n[nH]1. The van der Waals surface area contributed by atoms with Gasteiger partial charge in [0.1, 0.15) is 5.82 Å². The lowest BCUT2D eigenvalue weighted by molar-refractivity contribution is 0.151. The number of aromatic nitrogens is 4. The lowest BCUT2D eigenvalue weighted by Crippen LogP contribution is -2.37. The summed E-state index contributed by atoms with van der Waals surface area (Å²) in [6, 6.07) is 9.69. The molecule has 0 aliphatic carbocycles. The molecule has 2 aromatic heterocycles. The molecule has 1 saturated heterocycles. The number of hydrogen-bond acceptors (Lipinski definition) is 4. The normalized spacial score (nSPS) is 20.0. The molecule has 0 saturated carbocycles. The summed E-state index contributed by atoms with van der Waals surface area (Å²) >= 11 is 0. The Labute approximate surface area is 146 Å². The average Bonchev–Trinajstić information content (AvgIpc) is 3.08. The fourth-order valence-electron chi connectivity index (χ4n) is 3.72. The molecule has 0 amide bonds. The van der Waals surface area contributed by atoms with Gasteiger partial charge in [-0.2, -0.15) is 5.10 Å². The van der Waals surface area contributed by atoms with Crippen molar-refractivity contribution in [2.45, 2.75) is 38.6 Å². The van der Waals surface area contributed by atoms with Crippen molar-refractivity contribution >= 4 is 10.9 Å². The van der Waals surface area contributed by atoms with Crippen LogP contribution in [0.1, 0.15) is 48.9 Å². The number of nitrogens with zero attached hydrogens (tertiary/aromatic N) is 3. The monoisotopic (exact) mass is 337 g/mol. The third kappa shape index (κ3) is 3.09. The van der Waals surface area contributed by atoms with Crippen molar-refractivity contribution < 1.29 is 0 Å². The van der Waals surface area contributed by atoms with Gasteiger partial charge in [0.25, 0.3) is 5.56 Å². The zero-order valence-corrected chi connectivity index (χ0v) is 14.6. The van der Waals surface area contributed by atoms with E-state index in [1.807, 2.05) is 31.2 Å². The highest BCUT2D eigenvalue weighted by Gasteiger charge is 2.27. The van der Waals surface area contributed by atoms with E-state index in [4.69, 9.17) is 4.98 Å². The number of likely N-dealkylation sites (tertiary alicyclic amines) is 1. The molecule has 2 atom stereocenters. The molecule has 0 radical (unpaired) electrons. The Morgan fingerprint density at radius 2 is 2.16 bits per heavy atom. The molecule has 3 heterocycles. The molecule has 0 bridgehead atoms. The highest BCUT2D eigenvalue weighted by molar-refractivity contribution is 5.77. The van der Waals surface area contributed by atoms with Gasteiger partial charge < -0.3 is 4.98 Å². The summed E-state index contributed by atoms with van der Waals surface area (Å²) in [6.07, 6.45) is 2.27. The van der Waals surface area contributed by atoms with E-state index >= 15 is 0 Å². The van der Waals surface area contributed by atoms with Crippen LogP contribution in [0.25, 0.3) is 10.9 Å². The second kappa shape index (κ2) is 6.44. The Balaban J connectivity index is 1.60. The van der Waals surface area contributed by atoms with Crippen molar-refractivity contribution in [3.63, 3.8) is 0 Å². The second-order valence-corrected chi connectivity index (χ2v) is 6.95. The molecule has 3 aromatic rings. The lowest BCUT2D eigenvalue weighted by atomic mass is 9.93. The van der Waals surface area contributed by atoms with Crippen molar-refractivity contribution in [2.24, 2.45) is 0 Å². The quantitative estimate of drug-likeness (QED) is 0.770. The zero-order valence-electron chi connectivity index (χ0n) is 14.6. The topological polar surface area (TPSA) is 77.7 Å². The summed E-state index contributed by atoms with van der Waals surface area (Å²) in [6.45, 7) is 6.09. The maximum Gasteiger partial charge on any atom is 0.258 e. The summed E-state index contributed by atoms with van der Waals surface area (Å²) in [5.74, 6) is 1.16. The van der Waals surface area contributed by atoms with Gasteiger partial charge in [-0.1, -0.05) is 12.1 Å².